The first-order valence-corrected chi connectivity index (χ1v) is 10.1. The third-order valence-electron chi connectivity index (χ3n) is 4.88. The van der Waals surface area contributed by atoms with Gasteiger partial charge < -0.3 is 14.8 Å². The van der Waals surface area contributed by atoms with Crippen LogP contribution in [0, 0.1) is 5.92 Å². The third-order valence-corrected chi connectivity index (χ3v) is 4.88. The largest absolute Gasteiger partial charge is 0.489 e. The van der Waals surface area contributed by atoms with Gasteiger partial charge >= 0.3 is 5.97 Å². The lowest BCUT2D eigenvalue weighted by molar-refractivity contribution is -0.150. The van der Waals surface area contributed by atoms with E-state index in [0.717, 1.165) is 36.4 Å². The van der Waals surface area contributed by atoms with E-state index in [9.17, 15) is 9.59 Å². The summed E-state index contributed by atoms with van der Waals surface area (Å²) in [6, 6.07) is 17.3. The summed E-state index contributed by atoms with van der Waals surface area (Å²) in [5.41, 5.74) is 1.83. The van der Waals surface area contributed by atoms with Crippen LogP contribution in [0.4, 0.5) is 5.69 Å². The number of nitrogens with zero attached hydrogens (tertiary/aromatic N) is 1. The molecule has 0 radical (unpaired) electrons. The molecule has 1 N–H and O–H groups in total. The molecule has 1 amide bonds. The molecule has 0 saturated carbocycles. The molecule has 2 aromatic carbocycles. The molecule has 1 atom stereocenters. The van der Waals surface area contributed by atoms with Crippen molar-refractivity contribution >= 4 is 17.6 Å². The highest BCUT2D eigenvalue weighted by atomic mass is 16.5. The number of carbonyl (C=O) groups is 2. The summed E-state index contributed by atoms with van der Waals surface area (Å²) in [6.07, 6.45) is 1.71. The highest BCUT2D eigenvalue weighted by Gasteiger charge is 2.27. The highest BCUT2D eigenvalue weighted by molar-refractivity contribution is 5.92. The Morgan fingerprint density at radius 3 is 2.59 bits per heavy atom. The molecule has 1 saturated heterocycles. The van der Waals surface area contributed by atoms with Crippen LogP contribution >= 0.6 is 0 Å². The second-order valence-electron chi connectivity index (χ2n) is 7.17. The number of benzene rings is 2. The lowest BCUT2D eigenvalue weighted by atomic mass is 9.98. The Morgan fingerprint density at radius 2 is 1.86 bits per heavy atom. The molecule has 2 aromatic rings. The molecule has 3 rings (SSSR count). The van der Waals surface area contributed by atoms with Gasteiger partial charge in [0, 0.05) is 12.2 Å². The Labute approximate surface area is 171 Å². The second kappa shape index (κ2) is 10.6. The van der Waals surface area contributed by atoms with E-state index in [1.165, 1.54) is 0 Å². The van der Waals surface area contributed by atoms with Crippen molar-refractivity contribution in [3.8, 4) is 5.75 Å². The first-order valence-electron chi connectivity index (χ1n) is 10.1. The molecule has 0 bridgehead atoms. The summed E-state index contributed by atoms with van der Waals surface area (Å²) in [5.74, 6) is 0.355. The first-order chi connectivity index (χ1) is 14.1. The number of nitrogens with one attached hydrogen (secondary N) is 1. The number of hydrogen-bond donors (Lipinski definition) is 1. The van der Waals surface area contributed by atoms with Gasteiger partial charge in [-0.05, 0) is 56.1 Å². The van der Waals surface area contributed by atoms with Crippen LogP contribution in [0.25, 0.3) is 0 Å². The Hall–Kier alpha value is -2.86. The zero-order valence-electron chi connectivity index (χ0n) is 16.8. The smallest absolute Gasteiger partial charge is 0.310 e. The fourth-order valence-corrected chi connectivity index (χ4v) is 3.43. The van der Waals surface area contributed by atoms with Crippen molar-refractivity contribution in [3.63, 3.8) is 0 Å². The van der Waals surface area contributed by atoms with Crippen molar-refractivity contribution in [1.29, 1.82) is 0 Å². The molecule has 29 heavy (non-hydrogen) atoms. The molecule has 6 nitrogen and oxygen atoms in total. The molecular weight excluding hydrogens is 368 g/mol. The standard InChI is InChI=1S/C23H28N2O4/c1-2-28-23(27)19-9-6-14-25(15-19)16-22(26)24-20-10-12-21(13-11-20)29-17-18-7-4-3-5-8-18/h3-5,7-8,10-13,19H,2,6,9,14-17H2,1H3,(H,24,26)/t19-/m1/s1. The number of anilines is 1. The predicted octanol–water partition coefficient (Wildman–Crippen LogP) is 3.48. The van der Waals surface area contributed by atoms with Gasteiger partial charge in [0.25, 0.3) is 0 Å². The van der Waals surface area contributed by atoms with Crippen molar-refractivity contribution in [2.24, 2.45) is 5.92 Å². The van der Waals surface area contributed by atoms with E-state index in [1.54, 1.807) is 0 Å². The summed E-state index contributed by atoms with van der Waals surface area (Å²) < 4.78 is 10.9. The maximum atomic E-state index is 12.4. The summed E-state index contributed by atoms with van der Waals surface area (Å²) in [4.78, 5) is 26.3. The summed E-state index contributed by atoms with van der Waals surface area (Å²) in [7, 11) is 0. The Bertz CT molecular complexity index is 792. The highest BCUT2D eigenvalue weighted by Crippen LogP contribution is 2.19. The Balaban J connectivity index is 1.44. The number of carbonyl (C=O) groups excluding carboxylic acids is 2. The topological polar surface area (TPSA) is 67.9 Å². The molecule has 0 unspecified atom stereocenters. The van der Waals surface area contributed by atoms with Crippen LogP contribution in [0.3, 0.4) is 0 Å². The van der Waals surface area contributed by atoms with Crippen LogP contribution < -0.4 is 10.1 Å². The number of esters is 1. The van der Waals surface area contributed by atoms with Gasteiger partial charge in [-0.15, -0.1) is 0 Å². The molecule has 0 aromatic heterocycles. The van der Waals surface area contributed by atoms with Crippen molar-refractivity contribution in [2.45, 2.75) is 26.4 Å². The van der Waals surface area contributed by atoms with E-state index in [4.69, 9.17) is 9.47 Å². The SMILES string of the molecule is CCOC(=O)[C@@H]1CCCN(CC(=O)Nc2ccc(OCc3ccccc3)cc2)C1. The van der Waals surface area contributed by atoms with Crippen molar-refractivity contribution in [1.82, 2.24) is 4.90 Å². The molecule has 1 fully saturated rings. The van der Waals surface area contributed by atoms with Crippen molar-refractivity contribution in [3.05, 3.63) is 60.2 Å². The molecule has 1 heterocycles. The predicted molar refractivity (Wildman–Crippen MR) is 112 cm³/mol. The molecule has 0 aliphatic carbocycles. The summed E-state index contributed by atoms with van der Waals surface area (Å²) in [6.45, 7) is 4.35. The van der Waals surface area contributed by atoms with Crippen LogP contribution in [0.5, 0.6) is 5.75 Å². The van der Waals surface area contributed by atoms with Gasteiger partial charge in [-0.2, -0.15) is 0 Å². The maximum Gasteiger partial charge on any atom is 0.310 e. The van der Waals surface area contributed by atoms with Crippen LogP contribution in [0.1, 0.15) is 25.3 Å². The van der Waals surface area contributed by atoms with Gasteiger partial charge in [-0.1, -0.05) is 30.3 Å². The fourth-order valence-electron chi connectivity index (χ4n) is 3.43. The average Bonchev–Trinajstić information content (AvgIpc) is 2.74. The Kier molecular flexibility index (Phi) is 7.64. The number of likely N-dealkylation sites (tertiary alicyclic amines) is 1. The van der Waals surface area contributed by atoms with Crippen LogP contribution in [-0.4, -0.2) is 43.0 Å². The second-order valence-corrected chi connectivity index (χ2v) is 7.17. The molecular formula is C23H28N2O4. The van der Waals surface area contributed by atoms with Gasteiger partial charge in [0.2, 0.25) is 5.91 Å². The van der Waals surface area contributed by atoms with Gasteiger partial charge in [0.1, 0.15) is 12.4 Å². The lowest BCUT2D eigenvalue weighted by Gasteiger charge is -2.30. The molecule has 1 aliphatic rings. The van der Waals surface area contributed by atoms with Crippen LogP contribution in [0.2, 0.25) is 0 Å². The van der Waals surface area contributed by atoms with E-state index in [0.29, 0.717) is 19.8 Å². The zero-order valence-corrected chi connectivity index (χ0v) is 16.8. The van der Waals surface area contributed by atoms with E-state index in [-0.39, 0.29) is 24.3 Å². The number of amides is 1. The molecule has 6 heteroatoms. The normalized spacial score (nSPS) is 16.8. The van der Waals surface area contributed by atoms with E-state index in [1.807, 2.05) is 66.4 Å². The maximum absolute atomic E-state index is 12.4. The first kappa shape index (κ1) is 20.9. The molecule has 154 valence electrons. The number of piperidine rings is 1. The van der Waals surface area contributed by atoms with Gasteiger partial charge in [-0.3, -0.25) is 14.5 Å². The Morgan fingerprint density at radius 1 is 1.10 bits per heavy atom. The number of rotatable bonds is 8. The summed E-state index contributed by atoms with van der Waals surface area (Å²) >= 11 is 0. The van der Waals surface area contributed by atoms with Crippen molar-refractivity contribution < 1.29 is 19.1 Å². The quantitative estimate of drug-likeness (QED) is 0.692. The minimum atomic E-state index is -0.163. The fraction of sp³-hybridized carbons (Fsp3) is 0.391. The monoisotopic (exact) mass is 396 g/mol. The number of hydrogen-bond acceptors (Lipinski definition) is 5. The van der Waals surface area contributed by atoms with Crippen LogP contribution in [0.15, 0.2) is 54.6 Å². The lowest BCUT2D eigenvalue weighted by Crippen LogP contribution is -2.43. The number of ether oxygens (including phenoxy) is 2. The minimum Gasteiger partial charge on any atom is -0.489 e. The van der Waals surface area contributed by atoms with E-state index in [2.05, 4.69) is 5.32 Å². The van der Waals surface area contributed by atoms with Gasteiger partial charge in [-0.25, -0.2) is 0 Å². The average molecular weight is 396 g/mol. The molecule has 0 spiro atoms. The van der Waals surface area contributed by atoms with E-state index < -0.39 is 0 Å². The van der Waals surface area contributed by atoms with Crippen LogP contribution in [-0.2, 0) is 20.9 Å². The van der Waals surface area contributed by atoms with Crippen molar-refractivity contribution in [2.75, 3.05) is 31.6 Å². The van der Waals surface area contributed by atoms with Gasteiger partial charge in [0.15, 0.2) is 0 Å². The van der Waals surface area contributed by atoms with E-state index >= 15 is 0 Å². The minimum absolute atomic E-state index is 0.0903. The van der Waals surface area contributed by atoms with Gasteiger partial charge in [0.05, 0.1) is 19.1 Å². The molecule has 1 aliphatic heterocycles. The summed E-state index contributed by atoms with van der Waals surface area (Å²) in [5, 5.41) is 2.91. The zero-order chi connectivity index (χ0) is 20.5. The third kappa shape index (κ3) is 6.61.